The zero-order chi connectivity index (χ0) is 10.7. The van der Waals surface area contributed by atoms with E-state index in [9.17, 15) is 4.79 Å². The summed E-state index contributed by atoms with van der Waals surface area (Å²) in [4.78, 5) is 15.5. The van der Waals surface area contributed by atoms with Gasteiger partial charge in [0.05, 0.1) is 12.5 Å². The summed E-state index contributed by atoms with van der Waals surface area (Å²) in [6.07, 6.45) is 1.25. The maximum Gasteiger partial charge on any atom is 0.225 e. The zero-order valence-electron chi connectivity index (χ0n) is 8.56. The van der Waals surface area contributed by atoms with Crippen LogP contribution in [0.25, 0.3) is 0 Å². The van der Waals surface area contributed by atoms with Crippen molar-refractivity contribution in [3.8, 4) is 0 Å². The second-order valence-electron chi connectivity index (χ2n) is 3.81. The molecule has 1 aromatic rings. The Morgan fingerprint density at radius 2 is 2.60 bits per heavy atom. The minimum absolute atomic E-state index is 0.0527. The number of hydrogen-bond acceptors (Lipinski definition) is 5. The van der Waals surface area contributed by atoms with Crippen molar-refractivity contribution in [2.75, 3.05) is 13.1 Å². The highest BCUT2D eigenvalue weighted by molar-refractivity contribution is 5.79. The van der Waals surface area contributed by atoms with E-state index in [2.05, 4.69) is 32.2 Å². The lowest BCUT2D eigenvalue weighted by Gasteiger charge is -2.12. The van der Waals surface area contributed by atoms with Gasteiger partial charge in [-0.2, -0.15) is 4.98 Å². The Kier molecular flexibility index (Phi) is 2.96. The number of carbonyl (C=O) groups excluding carboxylic acids is 1. The second kappa shape index (κ2) is 4.39. The fraction of sp³-hybridized carbons (Fsp3) is 0.667. The molecule has 0 radical (unpaired) electrons. The van der Waals surface area contributed by atoms with Crippen LogP contribution in [0, 0.1) is 11.8 Å². The van der Waals surface area contributed by atoms with E-state index < -0.39 is 0 Å². The number of carbonyl (C=O) groups is 1. The molecular weight excluding hydrogens is 196 g/mol. The van der Waals surface area contributed by atoms with Crippen LogP contribution in [0.2, 0.25) is 0 Å². The van der Waals surface area contributed by atoms with Crippen LogP contribution in [-0.4, -0.2) is 29.1 Å². The van der Waals surface area contributed by atoms with E-state index in [1.54, 1.807) is 0 Å². The summed E-state index contributed by atoms with van der Waals surface area (Å²) in [5, 5.41) is 9.60. The molecule has 1 aromatic heterocycles. The maximum atomic E-state index is 11.7. The monoisotopic (exact) mass is 210 g/mol. The third-order valence-electron chi connectivity index (χ3n) is 2.68. The predicted octanol–water partition coefficient (Wildman–Crippen LogP) is -0.459. The molecule has 1 aliphatic heterocycles. The summed E-state index contributed by atoms with van der Waals surface area (Å²) in [6.45, 7) is 4.05. The number of aromatic nitrogens is 2. The van der Waals surface area contributed by atoms with Gasteiger partial charge in [-0.25, -0.2) is 0 Å². The van der Waals surface area contributed by atoms with Gasteiger partial charge in [0.2, 0.25) is 12.3 Å². The van der Waals surface area contributed by atoms with Gasteiger partial charge < -0.3 is 15.2 Å². The lowest BCUT2D eigenvalue weighted by Crippen LogP contribution is -2.34. The fourth-order valence-electron chi connectivity index (χ4n) is 1.73. The van der Waals surface area contributed by atoms with Crippen molar-refractivity contribution in [2.24, 2.45) is 11.8 Å². The van der Waals surface area contributed by atoms with Crippen LogP contribution in [0.4, 0.5) is 0 Å². The largest absolute Gasteiger partial charge is 0.348 e. The standard InChI is InChI=1S/C9H14N4O2/c1-6-2-10-3-7(6)9(14)11-4-8-12-5-15-13-8/h5-7,10H,2-4H2,1H3,(H,11,14)/t6-,7-/m1/s1. The summed E-state index contributed by atoms with van der Waals surface area (Å²) in [7, 11) is 0. The average Bonchev–Trinajstić information content (AvgIpc) is 2.84. The lowest BCUT2D eigenvalue weighted by atomic mass is 9.97. The summed E-state index contributed by atoms with van der Waals surface area (Å²) < 4.78 is 4.57. The Morgan fingerprint density at radius 1 is 1.73 bits per heavy atom. The van der Waals surface area contributed by atoms with Crippen LogP contribution < -0.4 is 10.6 Å². The van der Waals surface area contributed by atoms with Gasteiger partial charge >= 0.3 is 0 Å². The number of amides is 1. The van der Waals surface area contributed by atoms with Crippen LogP contribution in [0.1, 0.15) is 12.7 Å². The van der Waals surface area contributed by atoms with Crippen LogP contribution in [0.5, 0.6) is 0 Å². The van der Waals surface area contributed by atoms with Gasteiger partial charge in [-0.3, -0.25) is 4.79 Å². The molecule has 2 N–H and O–H groups in total. The quantitative estimate of drug-likeness (QED) is 0.705. The van der Waals surface area contributed by atoms with Crippen molar-refractivity contribution in [1.29, 1.82) is 0 Å². The molecule has 0 aliphatic carbocycles. The first-order chi connectivity index (χ1) is 7.27. The van der Waals surface area contributed by atoms with Crippen LogP contribution >= 0.6 is 0 Å². The first kappa shape index (κ1) is 10.1. The van der Waals surface area contributed by atoms with Crippen molar-refractivity contribution >= 4 is 5.91 Å². The minimum atomic E-state index is 0.0527. The highest BCUT2D eigenvalue weighted by atomic mass is 16.5. The molecule has 6 nitrogen and oxygen atoms in total. The van der Waals surface area contributed by atoms with Gasteiger partial charge in [0.25, 0.3) is 0 Å². The van der Waals surface area contributed by atoms with Gasteiger partial charge in [-0.05, 0) is 12.5 Å². The summed E-state index contributed by atoms with van der Waals surface area (Å²) in [6, 6.07) is 0. The highest BCUT2D eigenvalue weighted by Gasteiger charge is 2.29. The van der Waals surface area contributed by atoms with Gasteiger partial charge in [-0.1, -0.05) is 12.1 Å². The smallest absolute Gasteiger partial charge is 0.225 e. The van der Waals surface area contributed by atoms with Gasteiger partial charge in [0.1, 0.15) is 0 Å². The zero-order valence-corrected chi connectivity index (χ0v) is 8.56. The van der Waals surface area contributed by atoms with Crippen molar-refractivity contribution in [3.05, 3.63) is 12.2 Å². The van der Waals surface area contributed by atoms with Gasteiger partial charge in [0.15, 0.2) is 5.82 Å². The fourth-order valence-corrected chi connectivity index (χ4v) is 1.73. The Labute approximate surface area is 87.4 Å². The lowest BCUT2D eigenvalue weighted by molar-refractivity contribution is -0.125. The topological polar surface area (TPSA) is 80.0 Å². The van der Waals surface area contributed by atoms with E-state index in [4.69, 9.17) is 0 Å². The van der Waals surface area contributed by atoms with E-state index in [0.29, 0.717) is 18.3 Å². The van der Waals surface area contributed by atoms with E-state index in [1.807, 2.05) is 0 Å². The van der Waals surface area contributed by atoms with E-state index in [-0.39, 0.29) is 11.8 Å². The van der Waals surface area contributed by atoms with Crippen molar-refractivity contribution in [2.45, 2.75) is 13.5 Å². The summed E-state index contributed by atoms with van der Waals surface area (Å²) in [5.41, 5.74) is 0. The molecular formula is C9H14N4O2. The van der Waals surface area contributed by atoms with E-state index in [0.717, 1.165) is 13.1 Å². The molecule has 0 bridgehead atoms. The van der Waals surface area contributed by atoms with Crippen molar-refractivity contribution in [1.82, 2.24) is 20.8 Å². The molecule has 0 spiro atoms. The normalized spacial score (nSPS) is 25.4. The van der Waals surface area contributed by atoms with Gasteiger partial charge in [-0.15, -0.1) is 0 Å². The molecule has 1 fully saturated rings. The first-order valence-corrected chi connectivity index (χ1v) is 5.01. The number of nitrogens with one attached hydrogen (secondary N) is 2. The molecule has 82 valence electrons. The molecule has 15 heavy (non-hydrogen) atoms. The van der Waals surface area contributed by atoms with E-state index >= 15 is 0 Å². The third kappa shape index (κ3) is 2.33. The maximum absolute atomic E-state index is 11.7. The molecule has 1 amide bonds. The molecule has 2 atom stereocenters. The Hall–Kier alpha value is -1.43. The molecule has 0 saturated carbocycles. The van der Waals surface area contributed by atoms with E-state index in [1.165, 1.54) is 6.39 Å². The second-order valence-corrected chi connectivity index (χ2v) is 3.81. The molecule has 1 aliphatic rings. The van der Waals surface area contributed by atoms with Crippen LogP contribution in [0.15, 0.2) is 10.9 Å². The molecule has 6 heteroatoms. The summed E-state index contributed by atoms with van der Waals surface area (Å²) >= 11 is 0. The van der Waals surface area contributed by atoms with Crippen LogP contribution in [0.3, 0.4) is 0 Å². The van der Waals surface area contributed by atoms with Crippen molar-refractivity contribution < 1.29 is 9.32 Å². The average molecular weight is 210 g/mol. The molecule has 0 aromatic carbocycles. The molecule has 0 unspecified atom stereocenters. The first-order valence-electron chi connectivity index (χ1n) is 5.01. The Morgan fingerprint density at radius 3 is 3.20 bits per heavy atom. The molecule has 2 rings (SSSR count). The number of hydrogen-bond donors (Lipinski definition) is 2. The predicted molar refractivity (Wildman–Crippen MR) is 51.7 cm³/mol. The number of rotatable bonds is 3. The Balaban J connectivity index is 1.82. The van der Waals surface area contributed by atoms with Gasteiger partial charge in [0, 0.05) is 6.54 Å². The third-order valence-corrected chi connectivity index (χ3v) is 2.68. The minimum Gasteiger partial charge on any atom is -0.348 e. The SMILES string of the molecule is C[C@@H]1CNC[C@H]1C(=O)NCc1ncon1. The van der Waals surface area contributed by atoms with Crippen LogP contribution in [-0.2, 0) is 11.3 Å². The molecule has 2 heterocycles. The number of nitrogens with zero attached hydrogens (tertiary/aromatic N) is 2. The Bertz CT molecular complexity index is 325. The highest BCUT2D eigenvalue weighted by Crippen LogP contribution is 2.15. The molecule has 1 saturated heterocycles. The van der Waals surface area contributed by atoms with Crippen molar-refractivity contribution in [3.63, 3.8) is 0 Å². The summed E-state index contributed by atoms with van der Waals surface area (Å²) in [5.74, 6) is 0.992.